The number of phenolic OH excluding ortho intramolecular Hbond substituents is 2. The average Bonchev–Trinajstić information content (AvgIpc) is 3.38. The van der Waals surface area contributed by atoms with E-state index in [0.717, 1.165) is 16.7 Å². The van der Waals surface area contributed by atoms with Crippen LogP contribution in [0.15, 0.2) is 60.7 Å². The van der Waals surface area contributed by atoms with Gasteiger partial charge in [0, 0.05) is 22.7 Å². The van der Waals surface area contributed by atoms with Gasteiger partial charge in [-0.25, -0.2) is 0 Å². The summed E-state index contributed by atoms with van der Waals surface area (Å²) < 4.78 is 5.62. The molecule has 7 nitrogen and oxygen atoms in total. The maximum atomic E-state index is 13.6. The molecule has 0 saturated heterocycles. The molecule has 0 bridgehead atoms. The lowest BCUT2D eigenvalue weighted by Gasteiger charge is -2.27. The van der Waals surface area contributed by atoms with Crippen molar-refractivity contribution in [1.82, 2.24) is 15.1 Å². The molecule has 0 aliphatic carbocycles. The molecule has 0 spiro atoms. The summed E-state index contributed by atoms with van der Waals surface area (Å²) in [5.74, 6) is 0.160. The zero-order valence-corrected chi connectivity index (χ0v) is 20.0. The monoisotopic (exact) mass is 489 g/mol. The number of nitrogens with one attached hydrogen (secondary N) is 1. The zero-order chi connectivity index (χ0) is 24.7. The molecule has 178 valence electrons. The molecular weight excluding hydrogens is 466 g/mol. The highest BCUT2D eigenvalue weighted by atomic mass is 35.5. The van der Waals surface area contributed by atoms with Gasteiger partial charge in [-0.05, 0) is 54.8 Å². The van der Waals surface area contributed by atoms with Crippen LogP contribution in [-0.4, -0.2) is 37.8 Å². The summed E-state index contributed by atoms with van der Waals surface area (Å²) in [4.78, 5) is 15.3. The second-order valence-corrected chi connectivity index (χ2v) is 8.87. The first kappa shape index (κ1) is 22.8. The fourth-order valence-corrected chi connectivity index (χ4v) is 4.68. The number of aromatic amines is 1. The lowest BCUT2D eigenvalue weighted by molar-refractivity contribution is 0.0730. The highest BCUT2D eigenvalue weighted by Gasteiger charge is 2.42. The van der Waals surface area contributed by atoms with E-state index in [1.54, 1.807) is 42.2 Å². The fraction of sp³-hybridized carbons (Fsp3) is 0.185. The Bertz CT molecular complexity index is 1420. The minimum Gasteiger partial charge on any atom is -0.507 e. The summed E-state index contributed by atoms with van der Waals surface area (Å²) in [6.45, 7) is 4.38. The van der Waals surface area contributed by atoms with E-state index in [9.17, 15) is 15.0 Å². The Labute approximate surface area is 207 Å². The van der Waals surface area contributed by atoms with E-state index in [-0.39, 0.29) is 17.4 Å². The van der Waals surface area contributed by atoms with Crippen molar-refractivity contribution < 1.29 is 19.7 Å². The Morgan fingerprint density at radius 2 is 1.86 bits per heavy atom. The van der Waals surface area contributed by atoms with Crippen molar-refractivity contribution in [3.8, 4) is 28.5 Å². The smallest absolute Gasteiger partial charge is 0.273 e. The highest BCUT2D eigenvalue weighted by molar-refractivity contribution is 6.31. The number of phenols is 2. The third-order valence-corrected chi connectivity index (χ3v) is 6.60. The van der Waals surface area contributed by atoms with Crippen LogP contribution in [0.5, 0.6) is 17.2 Å². The molecule has 1 amide bonds. The van der Waals surface area contributed by atoms with Crippen LogP contribution in [0.3, 0.4) is 0 Å². The SMILES string of the molecule is CCOc1cc(C2c3c(-c4cc(Cl)c(C)cc4O)n[nH]c3C(=O)N2Cc2ccccc2)ccc1O. The maximum Gasteiger partial charge on any atom is 0.273 e. The molecule has 1 unspecified atom stereocenters. The van der Waals surface area contributed by atoms with Crippen LogP contribution < -0.4 is 4.74 Å². The van der Waals surface area contributed by atoms with E-state index in [1.165, 1.54) is 0 Å². The van der Waals surface area contributed by atoms with E-state index in [0.29, 0.717) is 46.4 Å². The highest BCUT2D eigenvalue weighted by Crippen LogP contribution is 2.47. The molecule has 8 heteroatoms. The van der Waals surface area contributed by atoms with Gasteiger partial charge < -0.3 is 19.8 Å². The minimum atomic E-state index is -0.536. The number of aryl methyl sites for hydroxylation is 1. The Morgan fingerprint density at radius 1 is 1.09 bits per heavy atom. The predicted molar refractivity (Wildman–Crippen MR) is 133 cm³/mol. The normalized spacial score (nSPS) is 14.9. The van der Waals surface area contributed by atoms with Gasteiger partial charge in [0.15, 0.2) is 11.5 Å². The molecule has 5 rings (SSSR count). The molecule has 0 radical (unpaired) electrons. The molecule has 0 fully saturated rings. The number of aromatic nitrogens is 2. The Kier molecular flexibility index (Phi) is 5.86. The maximum absolute atomic E-state index is 13.6. The average molecular weight is 490 g/mol. The second-order valence-electron chi connectivity index (χ2n) is 8.46. The molecule has 1 aliphatic rings. The van der Waals surface area contributed by atoms with Crippen LogP contribution >= 0.6 is 11.6 Å². The molecule has 2 heterocycles. The van der Waals surface area contributed by atoms with Gasteiger partial charge in [0.25, 0.3) is 5.91 Å². The fourth-order valence-electron chi connectivity index (χ4n) is 4.52. The van der Waals surface area contributed by atoms with Gasteiger partial charge in [-0.2, -0.15) is 5.10 Å². The van der Waals surface area contributed by atoms with Crippen LogP contribution in [0.1, 0.15) is 45.7 Å². The van der Waals surface area contributed by atoms with Gasteiger partial charge in [-0.15, -0.1) is 0 Å². The number of hydrogen-bond donors (Lipinski definition) is 3. The predicted octanol–water partition coefficient (Wildman–Crippen LogP) is 5.59. The second kappa shape index (κ2) is 9.00. The first-order chi connectivity index (χ1) is 16.9. The number of aromatic hydroxyl groups is 2. The number of carbonyl (C=O) groups excluding carboxylic acids is 1. The molecular formula is C27H24ClN3O4. The van der Waals surface area contributed by atoms with Crippen molar-refractivity contribution in [1.29, 1.82) is 0 Å². The van der Waals surface area contributed by atoms with Crippen molar-refractivity contribution >= 4 is 17.5 Å². The summed E-state index contributed by atoms with van der Waals surface area (Å²) >= 11 is 6.37. The number of ether oxygens (including phenoxy) is 1. The number of hydrogen-bond acceptors (Lipinski definition) is 5. The van der Waals surface area contributed by atoms with Crippen LogP contribution in [0, 0.1) is 6.92 Å². The number of benzene rings is 3. The number of H-pyrrole nitrogens is 1. The summed E-state index contributed by atoms with van der Waals surface area (Å²) in [5, 5.41) is 28.8. The van der Waals surface area contributed by atoms with Crippen LogP contribution in [0.25, 0.3) is 11.3 Å². The van der Waals surface area contributed by atoms with Gasteiger partial charge in [0.05, 0.1) is 12.6 Å². The third kappa shape index (κ3) is 3.98. The summed E-state index contributed by atoms with van der Waals surface area (Å²) in [5.41, 5.74) is 4.31. The van der Waals surface area contributed by atoms with Crippen molar-refractivity contribution in [2.45, 2.75) is 26.4 Å². The number of carbonyl (C=O) groups is 1. The quantitative estimate of drug-likeness (QED) is 0.328. The molecule has 1 aromatic heterocycles. The van der Waals surface area contributed by atoms with Crippen LogP contribution in [0.2, 0.25) is 5.02 Å². The van der Waals surface area contributed by atoms with E-state index in [4.69, 9.17) is 16.3 Å². The van der Waals surface area contributed by atoms with Crippen LogP contribution in [-0.2, 0) is 6.54 Å². The van der Waals surface area contributed by atoms with Gasteiger partial charge in [-0.1, -0.05) is 48.0 Å². The van der Waals surface area contributed by atoms with Crippen LogP contribution in [0.4, 0.5) is 0 Å². The third-order valence-electron chi connectivity index (χ3n) is 6.19. The zero-order valence-electron chi connectivity index (χ0n) is 19.2. The Balaban J connectivity index is 1.69. The van der Waals surface area contributed by atoms with E-state index in [2.05, 4.69) is 10.2 Å². The van der Waals surface area contributed by atoms with Gasteiger partial charge in [0.2, 0.25) is 0 Å². The molecule has 0 saturated carbocycles. The van der Waals surface area contributed by atoms with Gasteiger partial charge in [0.1, 0.15) is 17.1 Å². The van der Waals surface area contributed by atoms with Gasteiger partial charge >= 0.3 is 0 Å². The van der Waals surface area contributed by atoms with E-state index in [1.807, 2.05) is 37.3 Å². The van der Waals surface area contributed by atoms with E-state index >= 15 is 0 Å². The van der Waals surface area contributed by atoms with E-state index < -0.39 is 6.04 Å². The number of fused-ring (bicyclic) bond motifs is 1. The van der Waals surface area contributed by atoms with Crippen molar-refractivity contribution in [2.75, 3.05) is 6.61 Å². The summed E-state index contributed by atoms with van der Waals surface area (Å²) in [7, 11) is 0. The molecule has 35 heavy (non-hydrogen) atoms. The number of halogens is 1. The molecule has 1 aliphatic heterocycles. The molecule has 3 aromatic carbocycles. The molecule has 1 atom stereocenters. The first-order valence-electron chi connectivity index (χ1n) is 11.3. The minimum absolute atomic E-state index is 0.0186. The topological polar surface area (TPSA) is 98.7 Å². The molecule has 4 aromatic rings. The Morgan fingerprint density at radius 3 is 2.60 bits per heavy atom. The molecule has 3 N–H and O–H groups in total. The number of rotatable bonds is 6. The number of nitrogens with zero attached hydrogens (tertiary/aromatic N) is 2. The summed E-state index contributed by atoms with van der Waals surface area (Å²) in [6.07, 6.45) is 0. The standard InChI is InChI=1S/C27H24ClN3O4/c1-3-35-22-12-17(9-10-20(22)32)26-23-24(18-13-19(28)15(2)11-21(18)33)29-30-25(23)27(34)31(26)14-16-7-5-4-6-8-16/h4-13,26,32-33H,3,14H2,1-2H3,(H,29,30). The number of amides is 1. The van der Waals surface area contributed by atoms with Crippen molar-refractivity contribution in [3.05, 3.63) is 93.6 Å². The largest absolute Gasteiger partial charge is 0.507 e. The summed E-state index contributed by atoms with van der Waals surface area (Å²) in [6, 6.07) is 17.5. The Hall–Kier alpha value is -3.97. The lowest BCUT2D eigenvalue weighted by Crippen LogP contribution is -2.29. The lowest BCUT2D eigenvalue weighted by atomic mass is 9.94. The van der Waals surface area contributed by atoms with Crippen molar-refractivity contribution in [3.63, 3.8) is 0 Å². The first-order valence-corrected chi connectivity index (χ1v) is 11.6. The van der Waals surface area contributed by atoms with Crippen molar-refractivity contribution in [2.24, 2.45) is 0 Å². The van der Waals surface area contributed by atoms with Gasteiger partial charge in [-0.3, -0.25) is 9.89 Å².